The topological polar surface area (TPSA) is 60.7 Å². The third kappa shape index (κ3) is 36.7. The summed E-state index contributed by atoms with van der Waals surface area (Å²) in [6.07, 6.45) is 2.19. The zero-order valence-electron chi connectivity index (χ0n) is 5.45. The van der Waals surface area contributed by atoms with E-state index >= 15 is 0 Å². The lowest BCUT2D eigenvalue weighted by molar-refractivity contribution is 0.242. The lowest BCUT2D eigenvalue weighted by Gasteiger charge is -1.85. The van der Waals surface area contributed by atoms with Crippen molar-refractivity contribution in [3.63, 3.8) is 0 Å². The summed E-state index contributed by atoms with van der Waals surface area (Å²) in [4.78, 5) is 0. The molecule has 0 spiro atoms. The largest absolute Gasteiger partial charge is 0.516 e. The van der Waals surface area contributed by atoms with E-state index in [1.165, 1.54) is 0 Å². The van der Waals surface area contributed by atoms with Crippen molar-refractivity contribution in [3.8, 4) is 0 Å². The van der Waals surface area contributed by atoms with E-state index in [1.54, 1.807) is 0 Å². The van der Waals surface area contributed by atoms with Crippen molar-refractivity contribution in [2.75, 3.05) is 13.2 Å². The van der Waals surface area contributed by atoms with Gasteiger partial charge in [-0.3, -0.25) is 0 Å². The fraction of sp³-hybridized carbons (Fsp3) is 0.667. The minimum absolute atomic E-state index is 0.195. The van der Waals surface area contributed by atoms with E-state index in [0.29, 0.717) is 0 Å². The first kappa shape index (κ1) is 11.3. The van der Waals surface area contributed by atoms with Crippen LogP contribution in [0, 0.1) is 0 Å². The molecule has 0 aromatic heterocycles. The molecule has 3 N–H and O–H groups in total. The Morgan fingerprint density at radius 1 is 1.11 bits per heavy atom. The molecule has 0 aromatic rings. The van der Waals surface area contributed by atoms with Crippen molar-refractivity contribution in [1.29, 1.82) is 0 Å². The van der Waals surface area contributed by atoms with Crippen molar-refractivity contribution in [1.82, 2.24) is 0 Å². The van der Waals surface area contributed by atoms with Crippen molar-refractivity contribution < 1.29 is 15.3 Å². The van der Waals surface area contributed by atoms with Crippen LogP contribution in [0.4, 0.5) is 0 Å². The average molecular weight is 134 g/mol. The predicted octanol–water partition coefficient (Wildman–Crippen LogP) is 0.439. The number of aliphatic hydroxyl groups is 3. The van der Waals surface area contributed by atoms with Gasteiger partial charge in [-0.1, -0.05) is 6.58 Å². The highest BCUT2D eigenvalue weighted by Crippen LogP contribution is 1.80. The van der Waals surface area contributed by atoms with Gasteiger partial charge in [0.2, 0.25) is 0 Å². The molecule has 0 rings (SSSR count). The monoisotopic (exact) mass is 134 g/mol. The quantitative estimate of drug-likeness (QED) is 0.387. The molecule has 0 aliphatic carbocycles. The molecule has 0 heterocycles. The fourth-order valence-corrected chi connectivity index (χ4v) is 0.224. The summed E-state index contributed by atoms with van der Waals surface area (Å²) >= 11 is 0. The molecule has 0 amide bonds. The molecule has 0 bridgehead atoms. The SMILES string of the molecule is C=CO.OCCCCO. The molecule has 0 saturated carbocycles. The Bertz CT molecular complexity index is 41.6. The zero-order valence-corrected chi connectivity index (χ0v) is 5.45. The first-order valence-corrected chi connectivity index (χ1v) is 2.80. The van der Waals surface area contributed by atoms with Crippen LogP contribution in [0.3, 0.4) is 0 Å². The Morgan fingerprint density at radius 3 is 1.44 bits per heavy atom. The molecule has 0 fully saturated rings. The van der Waals surface area contributed by atoms with Crippen molar-refractivity contribution in [2.24, 2.45) is 0 Å². The third-order valence-corrected chi connectivity index (χ3v) is 0.566. The van der Waals surface area contributed by atoms with Crippen LogP contribution in [0.5, 0.6) is 0 Å². The Morgan fingerprint density at radius 2 is 1.33 bits per heavy atom. The smallest absolute Gasteiger partial charge is 0.0719 e. The van der Waals surface area contributed by atoms with Gasteiger partial charge in [-0.2, -0.15) is 0 Å². The van der Waals surface area contributed by atoms with E-state index in [4.69, 9.17) is 15.3 Å². The summed E-state index contributed by atoms with van der Waals surface area (Å²) in [6, 6.07) is 0. The van der Waals surface area contributed by atoms with Crippen LogP contribution in [0.15, 0.2) is 12.8 Å². The summed E-state index contributed by atoms with van der Waals surface area (Å²) in [5.41, 5.74) is 0. The Labute approximate surface area is 55.3 Å². The maximum atomic E-state index is 8.09. The van der Waals surface area contributed by atoms with Gasteiger partial charge in [0.15, 0.2) is 0 Å². The molecule has 0 atom stereocenters. The van der Waals surface area contributed by atoms with Crippen molar-refractivity contribution in [2.45, 2.75) is 12.8 Å². The second-order valence-corrected chi connectivity index (χ2v) is 1.34. The van der Waals surface area contributed by atoms with Crippen molar-refractivity contribution >= 4 is 0 Å². The van der Waals surface area contributed by atoms with E-state index in [0.717, 1.165) is 19.1 Å². The molecule has 0 aromatic carbocycles. The Kier molecular flexibility index (Phi) is 19.6. The van der Waals surface area contributed by atoms with Crippen LogP contribution in [-0.4, -0.2) is 28.5 Å². The van der Waals surface area contributed by atoms with E-state index in [2.05, 4.69) is 6.58 Å². The van der Waals surface area contributed by atoms with Gasteiger partial charge in [0.05, 0.1) is 6.26 Å². The summed E-state index contributed by atoms with van der Waals surface area (Å²) in [7, 11) is 0. The van der Waals surface area contributed by atoms with Gasteiger partial charge in [-0.15, -0.1) is 0 Å². The average Bonchev–Trinajstić information content (AvgIpc) is 1.86. The molecular formula is C6H14O3. The van der Waals surface area contributed by atoms with Gasteiger partial charge < -0.3 is 15.3 Å². The number of unbranched alkanes of at least 4 members (excludes halogenated alkanes) is 1. The van der Waals surface area contributed by atoms with Gasteiger partial charge in [0, 0.05) is 13.2 Å². The molecule has 56 valence electrons. The molecule has 0 radical (unpaired) electrons. The van der Waals surface area contributed by atoms with Gasteiger partial charge in [0.1, 0.15) is 0 Å². The molecule has 0 saturated heterocycles. The predicted molar refractivity (Wildman–Crippen MR) is 36.2 cm³/mol. The van der Waals surface area contributed by atoms with E-state index in [-0.39, 0.29) is 13.2 Å². The highest BCUT2D eigenvalue weighted by atomic mass is 16.3. The van der Waals surface area contributed by atoms with Gasteiger partial charge >= 0.3 is 0 Å². The van der Waals surface area contributed by atoms with Crippen molar-refractivity contribution in [3.05, 3.63) is 12.8 Å². The molecule has 0 aliphatic rings. The second-order valence-electron chi connectivity index (χ2n) is 1.34. The summed E-state index contributed by atoms with van der Waals surface area (Å²) in [5.74, 6) is 0. The maximum absolute atomic E-state index is 8.09. The van der Waals surface area contributed by atoms with Gasteiger partial charge in [-0.05, 0) is 12.8 Å². The lowest BCUT2D eigenvalue weighted by atomic mass is 10.3. The Balaban J connectivity index is 0. The third-order valence-electron chi connectivity index (χ3n) is 0.566. The number of rotatable bonds is 3. The minimum atomic E-state index is 0.195. The number of aliphatic hydroxyl groups excluding tert-OH is 3. The second kappa shape index (κ2) is 15.7. The fourth-order valence-electron chi connectivity index (χ4n) is 0.224. The molecule has 0 aliphatic heterocycles. The number of hydrogen-bond donors (Lipinski definition) is 3. The van der Waals surface area contributed by atoms with Crippen LogP contribution >= 0.6 is 0 Å². The van der Waals surface area contributed by atoms with E-state index in [9.17, 15) is 0 Å². The zero-order chi connectivity index (χ0) is 7.54. The molecule has 9 heavy (non-hydrogen) atoms. The highest BCUT2D eigenvalue weighted by molar-refractivity contribution is 4.38. The molecule has 3 nitrogen and oxygen atoms in total. The number of hydrogen-bond acceptors (Lipinski definition) is 3. The normalized spacial score (nSPS) is 7.33. The summed E-state index contributed by atoms with van der Waals surface area (Å²) in [6.45, 7) is 3.31. The minimum Gasteiger partial charge on any atom is -0.516 e. The summed E-state index contributed by atoms with van der Waals surface area (Å²) in [5, 5.41) is 23.5. The van der Waals surface area contributed by atoms with Crippen LogP contribution < -0.4 is 0 Å². The first-order chi connectivity index (χ1) is 4.33. The Hall–Kier alpha value is -0.540. The van der Waals surface area contributed by atoms with E-state index < -0.39 is 0 Å². The van der Waals surface area contributed by atoms with Crippen LogP contribution in [-0.2, 0) is 0 Å². The van der Waals surface area contributed by atoms with Crippen LogP contribution in [0.25, 0.3) is 0 Å². The first-order valence-electron chi connectivity index (χ1n) is 2.80. The molecule has 3 heteroatoms. The van der Waals surface area contributed by atoms with Crippen LogP contribution in [0.2, 0.25) is 0 Å². The van der Waals surface area contributed by atoms with Gasteiger partial charge in [0.25, 0.3) is 0 Å². The maximum Gasteiger partial charge on any atom is 0.0719 e. The molecule has 0 unspecified atom stereocenters. The highest BCUT2D eigenvalue weighted by Gasteiger charge is 1.77. The van der Waals surface area contributed by atoms with E-state index in [1.807, 2.05) is 0 Å². The lowest BCUT2D eigenvalue weighted by Crippen LogP contribution is -1.85. The summed E-state index contributed by atoms with van der Waals surface area (Å²) < 4.78 is 0. The van der Waals surface area contributed by atoms with Gasteiger partial charge in [-0.25, -0.2) is 0 Å². The van der Waals surface area contributed by atoms with Crippen LogP contribution in [0.1, 0.15) is 12.8 Å². The molecular weight excluding hydrogens is 120 g/mol. The standard InChI is InChI=1S/C4H10O2.C2H4O/c5-3-1-2-4-6;1-2-3/h5-6H,1-4H2;2-3H,1H2.